The Hall–Kier alpha value is 0.490. The zero-order valence-corrected chi connectivity index (χ0v) is 9.15. The van der Waals surface area contributed by atoms with Crippen molar-refractivity contribution in [2.45, 2.75) is 13.3 Å². The molecular formula is C5H10NaO3S. The normalized spacial score (nSPS) is 9.70. The first-order valence-corrected chi connectivity index (χ1v) is 4.22. The summed E-state index contributed by atoms with van der Waals surface area (Å²) in [7, 11) is -3.30. The summed E-state index contributed by atoms with van der Waals surface area (Å²) in [6, 6.07) is 0. The molecule has 0 aromatic carbocycles. The van der Waals surface area contributed by atoms with Gasteiger partial charge < -0.3 is 4.18 Å². The Morgan fingerprint density at radius 2 is 2.10 bits per heavy atom. The summed E-state index contributed by atoms with van der Waals surface area (Å²) >= 11 is 0. The van der Waals surface area contributed by atoms with E-state index in [0.29, 0.717) is 6.42 Å². The molecule has 0 spiro atoms. The number of hydrogen-bond acceptors (Lipinski definition) is 3. The molecule has 0 heterocycles. The van der Waals surface area contributed by atoms with Crippen LogP contribution in [0.3, 0.4) is 0 Å². The SMILES string of the molecule is C=COS(=O)(=O)CCC.[Na]. The molecule has 0 N–H and O–H groups in total. The molecule has 0 aromatic rings. The molecule has 0 aromatic heterocycles. The number of hydrogen-bond donors (Lipinski definition) is 0. The Bertz CT molecular complexity index is 173. The monoisotopic (exact) mass is 173 g/mol. The predicted octanol–water partition coefficient (Wildman–Crippen LogP) is 0.505. The van der Waals surface area contributed by atoms with Crippen LogP contribution in [0.1, 0.15) is 13.3 Å². The average molecular weight is 173 g/mol. The second kappa shape index (κ2) is 6.22. The van der Waals surface area contributed by atoms with Crippen molar-refractivity contribution in [3.05, 3.63) is 12.8 Å². The fourth-order valence-electron chi connectivity index (χ4n) is 0.402. The maximum Gasteiger partial charge on any atom is 0.308 e. The Morgan fingerprint density at radius 1 is 1.60 bits per heavy atom. The van der Waals surface area contributed by atoms with Gasteiger partial charge in [0.05, 0.1) is 12.0 Å². The topological polar surface area (TPSA) is 43.4 Å². The van der Waals surface area contributed by atoms with Crippen molar-refractivity contribution in [1.29, 1.82) is 0 Å². The summed E-state index contributed by atoms with van der Waals surface area (Å²) < 4.78 is 25.3. The van der Waals surface area contributed by atoms with Crippen LogP contribution in [0.2, 0.25) is 0 Å². The molecular weight excluding hydrogens is 163 g/mol. The van der Waals surface area contributed by atoms with E-state index in [1.165, 1.54) is 0 Å². The third kappa shape index (κ3) is 6.61. The van der Waals surface area contributed by atoms with E-state index in [9.17, 15) is 8.42 Å². The molecule has 0 saturated heterocycles. The van der Waals surface area contributed by atoms with Gasteiger partial charge in [-0.3, -0.25) is 0 Å². The van der Waals surface area contributed by atoms with Crippen LogP contribution in [-0.4, -0.2) is 43.7 Å². The second-order valence-electron chi connectivity index (χ2n) is 1.52. The fraction of sp³-hybridized carbons (Fsp3) is 0.600. The zero-order chi connectivity index (χ0) is 7.33. The zero-order valence-electron chi connectivity index (χ0n) is 6.33. The third-order valence-corrected chi connectivity index (χ3v) is 2.01. The summed E-state index contributed by atoms with van der Waals surface area (Å²) in [5.41, 5.74) is 0. The Labute approximate surface area is 83.9 Å². The Balaban J connectivity index is 0. The van der Waals surface area contributed by atoms with E-state index in [4.69, 9.17) is 0 Å². The molecule has 1 radical (unpaired) electrons. The maximum atomic E-state index is 10.5. The van der Waals surface area contributed by atoms with E-state index in [1.54, 1.807) is 6.92 Å². The van der Waals surface area contributed by atoms with Gasteiger partial charge in [0.1, 0.15) is 0 Å². The van der Waals surface area contributed by atoms with Crippen LogP contribution in [0.15, 0.2) is 12.8 Å². The molecule has 10 heavy (non-hydrogen) atoms. The van der Waals surface area contributed by atoms with Crippen LogP contribution >= 0.6 is 0 Å². The van der Waals surface area contributed by atoms with Gasteiger partial charge in [0.25, 0.3) is 0 Å². The van der Waals surface area contributed by atoms with Gasteiger partial charge >= 0.3 is 10.1 Å². The fourth-order valence-corrected chi connectivity index (χ4v) is 1.21. The minimum atomic E-state index is -3.30. The van der Waals surface area contributed by atoms with Crippen LogP contribution in [0.4, 0.5) is 0 Å². The first kappa shape index (κ1) is 13.1. The van der Waals surface area contributed by atoms with Crippen molar-refractivity contribution in [2.24, 2.45) is 0 Å². The van der Waals surface area contributed by atoms with Crippen LogP contribution in [0, 0.1) is 0 Å². The van der Waals surface area contributed by atoms with Gasteiger partial charge in [0.2, 0.25) is 0 Å². The van der Waals surface area contributed by atoms with Gasteiger partial charge in [-0.15, -0.1) is 0 Å². The molecule has 0 aliphatic carbocycles. The van der Waals surface area contributed by atoms with E-state index >= 15 is 0 Å². The van der Waals surface area contributed by atoms with Gasteiger partial charge in [-0.25, -0.2) is 0 Å². The van der Waals surface area contributed by atoms with E-state index < -0.39 is 10.1 Å². The molecule has 0 rings (SSSR count). The summed E-state index contributed by atoms with van der Waals surface area (Å²) in [6.45, 7) is 4.89. The van der Waals surface area contributed by atoms with Crippen LogP contribution < -0.4 is 0 Å². The summed E-state index contributed by atoms with van der Waals surface area (Å²) in [4.78, 5) is 0. The summed E-state index contributed by atoms with van der Waals surface area (Å²) in [5, 5.41) is 0. The van der Waals surface area contributed by atoms with E-state index in [2.05, 4.69) is 10.8 Å². The molecule has 0 fully saturated rings. The molecule has 0 aliphatic rings. The van der Waals surface area contributed by atoms with Crippen molar-refractivity contribution < 1.29 is 12.6 Å². The van der Waals surface area contributed by atoms with Crippen LogP contribution in [0.25, 0.3) is 0 Å². The van der Waals surface area contributed by atoms with Crippen LogP contribution in [0.5, 0.6) is 0 Å². The minimum Gasteiger partial charge on any atom is -0.391 e. The van der Waals surface area contributed by atoms with Crippen molar-refractivity contribution in [1.82, 2.24) is 0 Å². The van der Waals surface area contributed by atoms with Gasteiger partial charge in [-0.1, -0.05) is 13.5 Å². The first-order valence-electron chi connectivity index (χ1n) is 2.64. The molecule has 55 valence electrons. The van der Waals surface area contributed by atoms with E-state index in [1.807, 2.05) is 0 Å². The van der Waals surface area contributed by atoms with Crippen molar-refractivity contribution >= 4 is 39.7 Å². The Morgan fingerprint density at radius 3 is 2.40 bits per heavy atom. The average Bonchev–Trinajstić information content (AvgIpc) is 1.64. The quantitative estimate of drug-likeness (QED) is 0.353. The van der Waals surface area contributed by atoms with Gasteiger partial charge in [0.15, 0.2) is 0 Å². The molecule has 3 nitrogen and oxygen atoms in total. The Kier molecular flexibility index (Phi) is 8.15. The van der Waals surface area contributed by atoms with Crippen molar-refractivity contribution in [2.75, 3.05) is 5.75 Å². The molecule has 0 unspecified atom stereocenters. The van der Waals surface area contributed by atoms with Crippen molar-refractivity contribution in [3.8, 4) is 0 Å². The van der Waals surface area contributed by atoms with E-state index in [-0.39, 0.29) is 35.3 Å². The molecule has 0 bridgehead atoms. The first-order chi connectivity index (χ1) is 4.12. The van der Waals surface area contributed by atoms with Gasteiger partial charge in [-0.05, 0) is 6.42 Å². The maximum absolute atomic E-state index is 10.5. The van der Waals surface area contributed by atoms with Crippen molar-refractivity contribution in [3.63, 3.8) is 0 Å². The standard InChI is InChI=1S/C5H10O3S.Na/c1-3-5-9(6,7)8-4-2;/h4H,2-3,5H2,1H3;. The second-order valence-corrected chi connectivity index (χ2v) is 3.24. The molecule has 0 atom stereocenters. The number of rotatable bonds is 4. The molecule has 0 aliphatic heterocycles. The molecule has 0 amide bonds. The molecule has 5 heteroatoms. The van der Waals surface area contributed by atoms with E-state index in [0.717, 1.165) is 6.26 Å². The molecule has 0 saturated carbocycles. The third-order valence-electron chi connectivity index (χ3n) is 0.669. The summed E-state index contributed by atoms with van der Waals surface area (Å²) in [5.74, 6) is 0.0546. The predicted molar refractivity (Wildman–Crippen MR) is 41.1 cm³/mol. The largest absolute Gasteiger partial charge is 0.391 e. The smallest absolute Gasteiger partial charge is 0.308 e. The van der Waals surface area contributed by atoms with Gasteiger partial charge in [-0.2, -0.15) is 8.42 Å². The van der Waals surface area contributed by atoms with Gasteiger partial charge in [0, 0.05) is 29.6 Å². The van der Waals surface area contributed by atoms with Crippen LogP contribution in [-0.2, 0) is 14.3 Å². The minimum absolute atomic E-state index is 0. The summed E-state index contributed by atoms with van der Waals surface area (Å²) in [6.07, 6.45) is 1.49.